The Kier molecular flexibility index (Phi) is 6.93. The lowest BCUT2D eigenvalue weighted by atomic mass is 10.1. The number of anilines is 3. The molecular formula is C25H22N4O5S. The number of amides is 2. The Morgan fingerprint density at radius 2 is 1.69 bits per heavy atom. The summed E-state index contributed by atoms with van der Waals surface area (Å²) in [5.41, 5.74) is 8.08. The second-order valence-electron chi connectivity index (χ2n) is 7.50. The van der Waals surface area contributed by atoms with Crippen molar-refractivity contribution in [2.45, 2.75) is 13.0 Å². The van der Waals surface area contributed by atoms with Crippen LogP contribution in [0.1, 0.15) is 27.6 Å². The normalized spacial score (nSPS) is 11.5. The maximum absolute atomic E-state index is 12.5. The number of rotatable bonds is 7. The Bertz CT molecular complexity index is 1400. The van der Waals surface area contributed by atoms with Crippen molar-refractivity contribution in [3.8, 4) is 5.75 Å². The summed E-state index contributed by atoms with van der Waals surface area (Å²) < 4.78 is 11.3. The van der Waals surface area contributed by atoms with E-state index in [9.17, 15) is 14.4 Å². The Hall–Kier alpha value is -4.44. The molecule has 4 rings (SSSR count). The number of hydrogen-bond donors (Lipinski definition) is 3. The second-order valence-corrected chi connectivity index (χ2v) is 8.57. The first-order valence-corrected chi connectivity index (χ1v) is 11.4. The lowest BCUT2D eigenvalue weighted by Crippen LogP contribution is -2.30. The van der Waals surface area contributed by atoms with E-state index in [-0.39, 0.29) is 5.91 Å². The molecule has 9 nitrogen and oxygen atoms in total. The number of hydrogen-bond acceptors (Lipinski definition) is 8. The number of thiazole rings is 1. The standard InChI is InChI=1S/C25H22N4O5S/c1-14(34-24(32)16-9-12-19-21(13-16)35-25(26)29-19)22(30)27-17-10-7-15(8-11-17)23(31)28-18-5-3-4-6-20(18)33-2/h3-14H,1-2H3,(H2,26,29)(H,27,30)(H,28,31). The molecule has 178 valence electrons. The number of nitrogens with one attached hydrogen (secondary N) is 2. The van der Waals surface area contributed by atoms with Crippen LogP contribution >= 0.6 is 11.3 Å². The van der Waals surface area contributed by atoms with Crippen LogP contribution in [0, 0.1) is 0 Å². The fraction of sp³-hybridized carbons (Fsp3) is 0.120. The van der Waals surface area contributed by atoms with Gasteiger partial charge in [0.2, 0.25) is 0 Å². The number of nitrogens with two attached hydrogens (primary N) is 1. The van der Waals surface area contributed by atoms with E-state index < -0.39 is 18.0 Å². The minimum atomic E-state index is -1.04. The number of nitrogens with zero attached hydrogens (tertiary/aromatic N) is 1. The van der Waals surface area contributed by atoms with Gasteiger partial charge in [0, 0.05) is 11.3 Å². The molecule has 2 amide bonds. The molecule has 0 aliphatic carbocycles. The van der Waals surface area contributed by atoms with E-state index in [1.807, 2.05) is 0 Å². The first-order chi connectivity index (χ1) is 16.8. The van der Waals surface area contributed by atoms with Crippen LogP contribution in [0.4, 0.5) is 16.5 Å². The summed E-state index contributed by atoms with van der Waals surface area (Å²) in [5, 5.41) is 5.86. The number of nitrogen functional groups attached to an aromatic ring is 1. The molecule has 4 N–H and O–H groups in total. The van der Waals surface area contributed by atoms with Crippen LogP contribution in [0.2, 0.25) is 0 Å². The van der Waals surface area contributed by atoms with Gasteiger partial charge in [-0.25, -0.2) is 9.78 Å². The number of methoxy groups -OCH3 is 1. The highest BCUT2D eigenvalue weighted by molar-refractivity contribution is 7.22. The Balaban J connectivity index is 1.34. The van der Waals surface area contributed by atoms with E-state index in [2.05, 4.69) is 15.6 Å². The molecule has 1 aromatic heterocycles. The van der Waals surface area contributed by atoms with Crippen LogP contribution < -0.4 is 21.1 Å². The average molecular weight is 491 g/mol. The van der Waals surface area contributed by atoms with Crippen molar-refractivity contribution in [1.82, 2.24) is 4.98 Å². The summed E-state index contributed by atoms with van der Waals surface area (Å²) in [7, 11) is 1.52. The molecule has 0 aliphatic heterocycles. The van der Waals surface area contributed by atoms with Crippen molar-refractivity contribution in [2.75, 3.05) is 23.5 Å². The van der Waals surface area contributed by atoms with Gasteiger partial charge in [-0.1, -0.05) is 23.5 Å². The first-order valence-electron chi connectivity index (χ1n) is 10.6. The Morgan fingerprint density at radius 3 is 2.43 bits per heavy atom. The van der Waals surface area contributed by atoms with Crippen molar-refractivity contribution in [1.29, 1.82) is 0 Å². The van der Waals surface area contributed by atoms with Crippen molar-refractivity contribution in [3.63, 3.8) is 0 Å². The third-order valence-corrected chi connectivity index (χ3v) is 5.91. The number of esters is 1. The van der Waals surface area contributed by atoms with Crippen molar-refractivity contribution in [2.24, 2.45) is 0 Å². The van der Waals surface area contributed by atoms with Gasteiger partial charge >= 0.3 is 5.97 Å². The quantitative estimate of drug-likeness (QED) is 0.329. The maximum Gasteiger partial charge on any atom is 0.338 e. The monoisotopic (exact) mass is 490 g/mol. The molecule has 0 saturated carbocycles. The lowest BCUT2D eigenvalue weighted by molar-refractivity contribution is -0.123. The number of para-hydroxylation sites is 2. The van der Waals surface area contributed by atoms with E-state index in [1.54, 1.807) is 66.7 Å². The van der Waals surface area contributed by atoms with Crippen molar-refractivity contribution < 1.29 is 23.9 Å². The molecular weight excluding hydrogens is 468 g/mol. The minimum absolute atomic E-state index is 0.297. The van der Waals surface area contributed by atoms with Crippen LogP contribution in [0.25, 0.3) is 10.2 Å². The van der Waals surface area contributed by atoms with Crippen LogP contribution in [-0.4, -0.2) is 36.0 Å². The zero-order valence-electron chi connectivity index (χ0n) is 18.9. The smallest absolute Gasteiger partial charge is 0.338 e. The fourth-order valence-electron chi connectivity index (χ4n) is 3.24. The predicted molar refractivity (Wildman–Crippen MR) is 135 cm³/mol. The summed E-state index contributed by atoms with van der Waals surface area (Å²) in [6.07, 6.45) is -1.04. The molecule has 0 saturated heterocycles. The van der Waals surface area contributed by atoms with Gasteiger partial charge in [0.1, 0.15) is 5.75 Å². The SMILES string of the molecule is COc1ccccc1NC(=O)c1ccc(NC(=O)C(C)OC(=O)c2ccc3nc(N)sc3c2)cc1. The van der Waals surface area contributed by atoms with E-state index in [1.165, 1.54) is 25.4 Å². The highest BCUT2D eigenvalue weighted by atomic mass is 32.1. The Labute approximate surface area is 204 Å². The lowest BCUT2D eigenvalue weighted by Gasteiger charge is -2.14. The number of fused-ring (bicyclic) bond motifs is 1. The average Bonchev–Trinajstić information content (AvgIpc) is 3.23. The number of ether oxygens (including phenoxy) is 2. The molecule has 0 radical (unpaired) electrons. The van der Waals surface area contributed by atoms with E-state index in [0.717, 1.165) is 4.70 Å². The highest BCUT2D eigenvalue weighted by Gasteiger charge is 2.20. The van der Waals surface area contributed by atoms with Gasteiger partial charge in [-0.2, -0.15) is 0 Å². The Morgan fingerprint density at radius 1 is 0.971 bits per heavy atom. The molecule has 0 bridgehead atoms. The third kappa shape index (κ3) is 5.56. The third-order valence-electron chi connectivity index (χ3n) is 5.06. The van der Waals surface area contributed by atoms with E-state index in [4.69, 9.17) is 15.2 Å². The molecule has 0 aliphatic rings. The van der Waals surface area contributed by atoms with E-state index in [0.29, 0.717) is 38.9 Å². The van der Waals surface area contributed by atoms with Crippen LogP contribution in [0.3, 0.4) is 0 Å². The van der Waals surface area contributed by atoms with Gasteiger partial charge in [-0.3, -0.25) is 9.59 Å². The fourth-order valence-corrected chi connectivity index (χ4v) is 4.02. The largest absolute Gasteiger partial charge is 0.495 e. The summed E-state index contributed by atoms with van der Waals surface area (Å²) in [4.78, 5) is 41.7. The molecule has 4 aromatic rings. The molecule has 0 spiro atoms. The van der Waals surface area contributed by atoms with Crippen LogP contribution in [-0.2, 0) is 9.53 Å². The summed E-state index contributed by atoms with van der Waals surface area (Å²) in [6, 6.07) is 18.3. The zero-order chi connectivity index (χ0) is 24.9. The van der Waals surface area contributed by atoms with Gasteiger partial charge < -0.3 is 25.8 Å². The van der Waals surface area contributed by atoms with Gasteiger partial charge in [0.05, 0.1) is 28.6 Å². The molecule has 35 heavy (non-hydrogen) atoms. The van der Waals surface area contributed by atoms with Crippen LogP contribution in [0.5, 0.6) is 5.75 Å². The first kappa shape index (κ1) is 23.7. The molecule has 10 heteroatoms. The molecule has 1 atom stereocenters. The minimum Gasteiger partial charge on any atom is -0.495 e. The topological polar surface area (TPSA) is 133 Å². The highest BCUT2D eigenvalue weighted by Crippen LogP contribution is 2.25. The zero-order valence-corrected chi connectivity index (χ0v) is 19.7. The number of carbonyl (C=O) groups excluding carboxylic acids is 3. The van der Waals surface area contributed by atoms with Gasteiger partial charge in [0.15, 0.2) is 11.2 Å². The predicted octanol–water partition coefficient (Wildman–Crippen LogP) is 4.32. The summed E-state index contributed by atoms with van der Waals surface area (Å²) >= 11 is 1.26. The summed E-state index contributed by atoms with van der Waals surface area (Å²) in [6.45, 7) is 1.48. The maximum atomic E-state index is 12.5. The number of benzene rings is 3. The van der Waals surface area contributed by atoms with Crippen LogP contribution in [0.15, 0.2) is 66.7 Å². The molecule has 0 fully saturated rings. The molecule has 3 aromatic carbocycles. The second kappa shape index (κ2) is 10.2. The summed E-state index contributed by atoms with van der Waals surface area (Å²) in [5.74, 6) is -0.920. The molecule has 1 unspecified atom stereocenters. The number of aromatic nitrogens is 1. The van der Waals surface area contributed by atoms with Crippen molar-refractivity contribution in [3.05, 3.63) is 77.9 Å². The number of carbonyl (C=O) groups is 3. The molecule has 1 heterocycles. The van der Waals surface area contributed by atoms with Crippen molar-refractivity contribution >= 4 is 55.8 Å². The van der Waals surface area contributed by atoms with E-state index >= 15 is 0 Å². The van der Waals surface area contributed by atoms with Gasteiger partial charge in [-0.15, -0.1) is 0 Å². The van der Waals surface area contributed by atoms with Gasteiger partial charge in [0.25, 0.3) is 11.8 Å². The van der Waals surface area contributed by atoms with Gasteiger partial charge in [-0.05, 0) is 61.5 Å².